The SMILES string of the molecule is O=C(NC(=S)N[C@@H]1CCCC[C@H]1NC(=S)NC(=O)c1ccco1)c1ccco1. The van der Waals surface area contributed by atoms with Gasteiger partial charge in [0.15, 0.2) is 21.7 Å². The highest BCUT2D eigenvalue weighted by Crippen LogP contribution is 2.18. The third-order valence-corrected chi connectivity index (χ3v) is 4.78. The number of nitrogens with one attached hydrogen (secondary N) is 4. The maximum Gasteiger partial charge on any atom is 0.293 e. The zero-order chi connectivity index (χ0) is 19.9. The van der Waals surface area contributed by atoms with Gasteiger partial charge in [0.1, 0.15) is 0 Å². The number of hydrogen-bond donors (Lipinski definition) is 4. The second-order valence-corrected chi connectivity index (χ2v) is 7.12. The van der Waals surface area contributed by atoms with Crippen LogP contribution in [-0.2, 0) is 0 Å². The van der Waals surface area contributed by atoms with E-state index in [9.17, 15) is 9.59 Å². The molecule has 2 atom stereocenters. The second-order valence-electron chi connectivity index (χ2n) is 6.31. The summed E-state index contributed by atoms with van der Waals surface area (Å²) < 4.78 is 10.1. The molecule has 2 heterocycles. The van der Waals surface area contributed by atoms with Crippen molar-refractivity contribution in [3.05, 3.63) is 48.3 Å². The largest absolute Gasteiger partial charge is 0.459 e. The lowest BCUT2D eigenvalue weighted by atomic mass is 9.90. The lowest BCUT2D eigenvalue weighted by Crippen LogP contribution is -2.57. The maximum atomic E-state index is 12.0. The van der Waals surface area contributed by atoms with Crippen LogP contribution >= 0.6 is 24.4 Å². The number of hydrogen-bond acceptors (Lipinski definition) is 6. The highest BCUT2D eigenvalue weighted by atomic mass is 32.1. The van der Waals surface area contributed by atoms with Crippen LogP contribution in [0.4, 0.5) is 0 Å². The van der Waals surface area contributed by atoms with Crippen molar-refractivity contribution < 1.29 is 18.4 Å². The summed E-state index contributed by atoms with van der Waals surface area (Å²) in [6.07, 6.45) is 6.59. The van der Waals surface area contributed by atoms with E-state index in [1.807, 2.05) is 0 Å². The molecule has 0 spiro atoms. The van der Waals surface area contributed by atoms with Crippen molar-refractivity contribution >= 4 is 46.5 Å². The Morgan fingerprint density at radius 2 is 1.25 bits per heavy atom. The summed E-state index contributed by atoms with van der Waals surface area (Å²) >= 11 is 10.5. The zero-order valence-electron chi connectivity index (χ0n) is 14.9. The standard InChI is InChI=1S/C18H20N4O4S2/c23-15(13-7-3-9-25-13)21-17(27)19-11-5-1-2-6-12(11)20-18(28)22-16(24)14-8-4-10-26-14/h3-4,7-12H,1-2,5-6H2,(H2,19,21,23,27)(H2,20,22,24,28)/t11-,12-/m1/s1. The van der Waals surface area contributed by atoms with Crippen LogP contribution in [0.25, 0.3) is 0 Å². The van der Waals surface area contributed by atoms with Crippen molar-refractivity contribution in [1.82, 2.24) is 21.3 Å². The van der Waals surface area contributed by atoms with Crippen molar-refractivity contribution in [2.24, 2.45) is 0 Å². The first kappa shape index (κ1) is 20.0. The predicted octanol–water partition coefficient (Wildman–Crippen LogP) is 2.09. The van der Waals surface area contributed by atoms with Gasteiger partial charge in [-0.25, -0.2) is 0 Å². The molecule has 1 saturated carbocycles. The van der Waals surface area contributed by atoms with Gasteiger partial charge in [0.05, 0.1) is 12.5 Å². The predicted molar refractivity (Wildman–Crippen MR) is 110 cm³/mol. The van der Waals surface area contributed by atoms with Crippen LogP contribution in [0.2, 0.25) is 0 Å². The Hall–Kier alpha value is -2.72. The van der Waals surface area contributed by atoms with Crippen LogP contribution < -0.4 is 21.3 Å². The van der Waals surface area contributed by atoms with Gasteiger partial charge in [-0.1, -0.05) is 12.8 Å². The number of carbonyl (C=O) groups is 2. The third-order valence-electron chi connectivity index (χ3n) is 4.34. The van der Waals surface area contributed by atoms with E-state index >= 15 is 0 Å². The molecule has 2 aromatic heterocycles. The first-order chi connectivity index (χ1) is 13.5. The first-order valence-corrected chi connectivity index (χ1v) is 9.65. The fourth-order valence-corrected chi connectivity index (χ4v) is 3.52. The van der Waals surface area contributed by atoms with E-state index < -0.39 is 11.8 Å². The van der Waals surface area contributed by atoms with Crippen LogP contribution in [0.1, 0.15) is 46.8 Å². The van der Waals surface area contributed by atoms with Crippen molar-refractivity contribution in [3.63, 3.8) is 0 Å². The van der Waals surface area contributed by atoms with Crippen LogP contribution in [0, 0.1) is 0 Å². The molecule has 2 aromatic rings. The van der Waals surface area contributed by atoms with Gasteiger partial charge < -0.3 is 19.5 Å². The molecule has 2 amide bonds. The molecular weight excluding hydrogens is 400 g/mol. The van der Waals surface area contributed by atoms with E-state index in [-0.39, 0.29) is 33.8 Å². The minimum atomic E-state index is -0.413. The summed E-state index contributed by atoms with van der Waals surface area (Å²) in [5.74, 6) is -0.457. The molecule has 10 heteroatoms. The smallest absolute Gasteiger partial charge is 0.293 e. The van der Waals surface area contributed by atoms with Gasteiger partial charge in [-0.2, -0.15) is 0 Å². The van der Waals surface area contributed by atoms with E-state index in [1.165, 1.54) is 12.5 Å². The van der Waals surface area contributed by atoms with Gasteiger partial charge in [-0.05, 0) is 61.5 Å². The summed E-state index contributed by atoms with van der Waals surface area (Å²) in [6.45, 7) is 0. The van der Waals surface area contributed by atoms with Crippen LogP contribution in [-0.4, -0.2) is 34.1 Å². The third kappa shape index (κ3) is 5.40. The normalized spacial score (nSPS) is 18.7. The minimum absolute atomic E-state index is 0.0448. The Balaban J connectivity index is 1.51. The van der Waals surface area contributed by atoms with E-state index in [4.69, 9.17) is 33.3 Å². The highest BCUT2D eigenvalue weighted by Gasteiger charge is 2.27. The highest BCUT2D eigenvalue weighted by molar-refractivity contribution is 7.80. The van der Waals surface area contributed by atoms with Crippen LogP contribution in [0.15, 0.2) is 45.6 Å². The Kier molecular flexibility index (Phi) is 6.77. The average Bonchev–Trinajstić information content (AvgIpc) is 3.37. The molecule has 0 aliphatic heterocycles. The minimum Gasteiger partial charge on any atom is -0.459 e. The second kappa shape index (κ2) is 9.47. The number of furan rings is 2. The van der Waals surface area contributed by atoms with Gasteiger partial charge in [0.25, 0.3) is 11.8 Å². The van der Waals surface area contributed by atoms with Gasteiger partial charge >= 0.3 is 0 Å². The fraction of sp³-hybridized carbons (Fsp3) is 0.333. The molecule has 0 radical (unpaired) electrons. The van der Waals surface area contributed by atoms with Gasteiger partial charge in [0.2, 0.25) is 0 Å². The molecule has 148 valence electrons. The molecular formula is C18H20N4O4S2. The number of amides is 2. The maximum absolute atomic E-state index is 12.0. The average molecular weight is 421 g/mol. The zero-order valence-corrected chi connectivity index (χ0v) is 16.5. The molecule has 3 rings (SSSR count). The summed E-state index contributed by atoms with van der Waals surface area (Å²) in [7, 11) is 0. The van der Waals surface area contributed by atoms with E-state index in [2.05, 4.69) is 21.3 Å². The molecule has 1 aliphatic rings. The molecule has 0 saturated heterocycles. The Labute approximate surface area is 172 Å². The summed E-state index contributed by atoms with van der Waals surface area (Å²) in [5.41, 5.74) is 0. The number of rotatable bonds is 4. The van der Waals surface area contributed by atoms with Crippen LogP contribution in [0.3, 0.4) is 0 Å². The van der Waals surface area contributed by atoms with Crippen molar-refractivity contribution in [2.75, 3.05) is 0 Å². The lowest BCUT2D eigenvalue weighted by Gasteiger charge is -2.34. The summed E-state index contributed by atoms with van der Waals surface area (Å²) in [5, 5.41) is 11.9. The molecule has 1 fully saturated rings. The molecule has 0 aromatic carbocycles. The molecule has 1 aliphatic carbocycles. The van der Waals surface area contributed by atoms with E-state index in [1.54, 1.807) is 24.3 Å². The van der Waals surface area contributed by atoms with E-state index in [0.717, 1.165) is 25.7 Å². The molecule has 8 nitrogen and oxygen atoms in total. The molecule has 4 N–H and O–H groups in total. The Bertz CT molecular complexity index is 766. The Morgan fingerprint density at radius 3 is 1.61 bits per heavy atom. The molecule has 28 heavy (non-hydrogen) atoms. The Morgan fingerprint density at radius 1 is 0.821 bits per heavy atom. The first-order valence-electron chi connectivity index (χ1n) is 8.83. The quantitative estimate of drug-likeness (QED) is 0.557. The van der Waals surface area contributed by atoms with Crippen LogP contribution in [0.5, 0.6) is 0 Å². The summed E-state index contributed by atoms with van der Waals surface area (Å²) in [4.78, 5) is 24.1. The van der Waals surface area contributed by atoms with Gasteiger partial charge in [0, 0.05) is 12.1 Å². The number of carbonyl (C=O) groups excluding carboxylic acids is 2. The van der Waals surface area contributed by atoms with Crippen molar-refractivity contribution in [3.8, 4) is 0 Å². The van der Waals surface area contributed by atoms with Gasteiger partial charge in [-0.3, -0.25) is 20.2 Å². The monoisotopic (exact) mass is 420 g/mol. The molecule has 0 bridgehead atoms. The fourth-order valence-electron chi connectivity index (χ4n) is 3.03. The summed E-state index contributed by atoms with van der Waals surface area (Å²) in [6, 6.07) is 6.29. The molecule has 0 unspecified atom stereocenters. The van der Waals surface area contributed by atoms with Crippen molar-refractivity contribution in [2.45, 2.75) is 37.8 Å². The van der Waals surface area contributed by atoms with E-state index in [0.29, 0.717) is 0 Å². The topological polar surface area (TPSA) is 109 Å². The van der Waals surface area contributed by atoms with Crippen molar-refractivity contribution in [1.29, 1.82) is 0 Å². The lowest BCUT2D eigenvalue weighted by molar-refractivity contribution is 0.0940. The number of thiocarbonyl (C=S) groups is 2. The van der Waals surface area contributed by atoms with Gasteiger partial charge in [-0.15, -0.1) is 0 Å².